The Morgan fingerprint density at radius 2 is 2.14 bits per heavy atom. The van der Waals surface area contributed by atoms with Crippen molar-refractivity contribution >= 4 is 11.7 Å². The van der Waals surface area contributed by atoms with E-state index in [0.29, 0.717) is 18.8 Å². The summed E-state index contributed by atoms with van der Waals surface area (Å²) in [5, 5.41) is 7.31. The molecule has 1 N–H and O–H groups in total. The van der Waals surface area contributed by atoms with E-state index in [-0.39, 0.29) is 12.1 Å². The third kappa shape index (κ3) is 3.95. The van der Waals surface area contributed by atoms with Crippen LogP contribution in [0, 0.1) is 13.8 Å². The Balaban J connectivity index is 1.34. The Bertz CT molecular complexity index is 955. The molecule has 28 heavy (non-hydrogen) atoms. The largest absolute Gasteiger partial charge is 0.487 e. The number of nitrogens with zero attached hydrogens (tertiary/aromatic N) is 5. The highest BCUT2D eigenvalue weighted by Crippen LogP contribution is 2.19. The van der Waals surface area contributed by atoms with E-state index in [9.17, 15) is 4.79 Å². The summed E-state index contributed by atoms with van der Waals surface area (Å²) < 4.78 is 7.66. The van der Waals surface area contributed by atoms with Crippen molar-refractivity contribution in [2.24, 2.45) is 0 Å². The molecule has 1 aliphatic heterocycles. The van der Waals surface area contributed by atoms with E-state index in [1.54, 1.807) is 28.2 Å². The van der Waals surface area contributed by atoms with Crippen LogP contribution in [0.25, 0.3) is 5.82 Å². The summed E-state index contributed by atoms with van der Waals surface area (Å²) in [6.45, 7) is 5.11. The molecule has 1 aliphatic rings. The number of ether oxygens (including phenoxy) is 1. The molecule has 0 radical (unpaired) electrons. The first-order valence-electron chi connectivity index (χ1n) is 9.21. The number of aromatic nitrogens is 4. The second-order valence-corrected chi connectivity index (χ2v) is 6.84. The summed E-state index contributed by atoms with van der Waals surface area (Å²) >= 11 is 0. The van der Waals surface area contributed by atoms with Crippen molar-refractivity contribution in [2.45, 2.75) is 26.4 Å². The van der Waals surface area contributed by atoms with Crippen LogP contribution in [0.2, 0.25) is 0 Å². The van der Waals surface area contributed by atoms with Gasteiger partial charge in [-0.1, -0.05) is 0 Å². The van der Waals surface area contributed by atoms with Crippen molar-refractivity contribution in [3.05, 3.63) is 60.3 Å². The van der Waals surface area contributed by atoms with Gasteiger partial charge in [0.1, 0.15) is 11.9 Å². The molecule has 3 aromatic rings. The summed E-state index contributed by atoms with van der Waals surface area (Å²) in [4.78, 5) is 22.7. The SMILES string of the molecule is Cc1cc(C)n(-c2ccc(NC(=O)N3CCC(Oc4cccnc4)C3)cn2)n1. The molecule has 0 bridgehead atoms. The van der Waals surface area contributed by atoms with E-state index in [1.165, 1.54) is 0 Å². The van der Waals surface area contributed by atoms with Crippen molar-refractivity contribution in [2.75, 3.05) is 18.4 Å². The molecule has 144 valence electrons. The number of likely N-dealkylation sites (tertiary alicyclic amines) is 1. The minimum atomic E-state index is -0.155. The second-order valence-electron chi connectivity index (χ2n) is 6.84. The molecular weight excluding hydrogens is 356 g/mol. The molecule has 1 atom stereocenters. The molecule has 1 fully saturated rings. The van der Waals surface area contributed by atoms with Crippen LogP contribution >= 0.6 is 0 Å². The number of amides is 2. The van der Waals surface area contributed by atoms with E-state index >= 15 is 0 Å². The monoisotopic (exact) mass is 378 g/mol. The number of hydrogen-bond acceptors (Lipinski definition) is 5. The van der Waals surface area contributed by atoms with Crippen molar-refractivity contribution in [1.29, 1.82) is 0 Å². The third-order valence-electron chi connectivity index (χ3n) is 4.60. The quantitative estimate of drug-likeness (QED) is 0.754. The number of rotatable bonds is 4. The predicted molar refractivity (Wildman–Crippen MR) is 105 cm³/mol. The topological polar surface area (TPSA) is 85.2 Å². The van der Waals surface area contributed by atoms with E-state index in [2.05, 4.69) is 20.4 Å². The van der Waals surface area contributed by atoms with Gasteiger partial charge in [0.25, 0.3) is 0 Å². The molecule has 4 rings (SSSR count). The maximum Gasteiger partial charge on any atom is 0.322 e. The molecule has 8 nitrogen and oxygen atoms in total. The van der Waals surface area contributed by atoms with Gasteiger partial charge in [0, 0.05) is 24.9 Å². The highest BCUT2D eigenvalue weighted by atomic mass is 16.5. The van der Waals surface area contributed by atoms with Gasteiger partial charge in [0.15, 0.2) is 5.82 Å². The third-order valence-corrected chi connectivity index (χ3v) is 4.60. The van der Waals surface area contributed by atoms with Gasteiger partial charge < -0.3 is 15.0 Å². The maximum absolute atomic E-state index is 12.5. The van der Waals surface area contributed by atoms with Crippen molar-refractivity contribution < 1.29 is 9.53 Å². The van der Waals surface area contributed by atoms with Crippen molar-refractivity contribution in [3.63, 3.8) is 0 Å². The van der Waals surface area contributed by atoms with Crippen LogP contribution in [0.4, 0.5) is 10.5 Å². The second kappa shape index (κ2) is 7.67. The molecule has 3 aromatic heterocycles. The molecule has 4 heterocycles. The smallest absolute Gasteiger partial charge is 0.322 e. The molecular formula is C20H22N6O2. The Morgan fingerprint density at radius 3 is 2.82 bits per heavy atom. The molecule has 1 unspecified atom stereocenters. The minimum Gasteiger partial charge on any atom is -0.487 e. The molecule has 2 amide bonds. The lowest BCUT2D eigenvalue weighted by molar-refractivity contribution is 0.194. The van der Waals surface area contributed by atoms with Crippen molar-refractivity contribution in [1.82, 2.24) is 24.6 Å². The Hall–Kier alpha value is -3.42. The van der Waals surface area contributed by atoms with Gasteiger partial charge in [0.05, 0.1) is 30.3 Å². The molecule has 8 heteroatoms. The number of carbonyl (C=O) groups is 1. The lowest BCUT2D eigenvalue weighted by Gasteiger charge is -2.18. The van der Waals surface area contributed by atoms with Gasteiger partial charge in [-0.25, -0.2) is 14.5 Å². The summed E-state index contributed by atoms with van der Waals surface area (Å²) in [6, 6.07) is 9.21. The van der Waals surface area contributed by atoms with E-state index < -0.39 is 0 Å². The van der Waals surface area contributed by atoms with Gasteiger partial charge >= 0.3 is 6.03 Å². The minimum absolute atomic E-state index is 0.0264. The molecule has 0 aromatic carbocycles. The number of nitrogens with one attached hydrogen (secondary N) is 1. The van der Waals surface area contributed by atoms with Crippen LogP contribution < -0.4 is 10.1 Å². The Morgan fingerprint density at radius 1 is 1.25 bits per heavy atom. The molecule has 0 aliphatic carbocycles. The highest BCUT2D eigenvalue weighted by molar-refractivity contribution is 5.89. The first-order chi connectivity index (χ1) is 13.6. The van der Waals surface area contributed by atoms with Gasteiger partial charge in [-0.05, 0) is 44.2 Å². The van der Waals surface area contributed by atoms with E-state index in [4.69, 9.17) is 4.74 Å². The van der Waals surface area contributed by atoms with Crippen LogP contribution in [0.1, 0.15) is 17.8 Å². The maximum atomic E-state index is 12.5. The summed E-state index contributed by atoms with van der Waals surface area (Å²) in [6.07, 6.45) is 5.79. The molecule has 0 saturated carbocycles. The lowest BCUT2D eigenvalue weighted by atomic mass is 10.3. The van der Waals surface area contributed by atoms with Gasteiger partial charge in [-0.15, -0.1) is 0 Å². The average Bonchev–Trinajstić information content (AvgIpc) is 3.29. The van der Waals surface area contributed by atoms with Crippen LogP contribution in [-0.4, -0.2) is 49.9 Å². The molecule has 1 saturated heterocycles. The van der Waals surface area contributed by atoms with Crippen LogP contribution in [-0.2, 0) is 0 Å². The van der Waals surface area contributed by atoms with Crippen LogP contribution in [0.3, 0.4) is 0 Å². The first-order valence-corrected chi connectivity index (χ1v) is 9.21. The van der Waals surface area contributed by atoms with Crippen LogP contribution in [0.5, 0.6) is 5.75 Å². The fourth-order valence-corrected chi connectivity index (χ4v) is 3.27. The normalized spacial score (nSPS) is 16.2. The zero-order valence-electron chi connectivity index (χ0n) is 15.9. The van der Waals surface area contributed by atoms with Gasteiger partial charge in [0.2, 0.25) is 0 Å². The fraction of sp³-hybridized carbons (Fsp3) is 0.300. The van der Waals surface area contributed by atoms with E-state index in [1.807, 2.05) is 44.2 Å². The lowest BCUT2D eigenvalue weighted by Crippen LogP contribution is -2.34. The fourth-order valence-electron chi connectivity index (χ4n) is 3.27. The average molecular weight is 378 g/mol. The van der Waals surface area contributed by atoms with Gasteiger partial charge in [-0.2, -0.15) is 5.10 Å². The summed E-state index contributed by atoms with van der Waals surface area (Å²) in [7, 11) is 0. The van der Waals surface area contributed by atoms with Crippen LogP contribution in [0.15, 0.2) is 48.9 Å². The van der Waals surface area contributed by atoms with Crippen molar-refractivity contribution in [3.8, 4) is 11.6 Å². The number of anilines is 1. The summed E-state index contributed by atoms with van der Waals surface area (Å²) in [5.74, 6) is 1.44. The Kier molecular flexibility index (Phi) is 4.92. The number of aryl methyl sites for hydroxylation is 2. The van der Waals surface area contributed by atoms with E-state index in [0.717, 1.165) is 29.4 Å². The summed E-state index contributed by atoms with van der Waals surface area (Å²) in [5.41, 5.74) is 2.60. The van der Waals surface area contributed by atoms with Gasteiger partial charge in [-0.3, -0.25) is 4.98 Å². The number of hydrogen-bond donors (Lipinski definition) is 1. The zero-order valence-corrected chi connectivity index (χ0v) is 15.9. The molecule has 0 spiro atoms. The number of carbonyl (C=O) groups excluding carboxylic acids is 1. The number of urea groups is 1. The highest BCUT2D eigenvalue weighted by Gasteiger charge is 2.27. The predicted octanol–water partition coefficient (Wildman–Crippen LogP) is 2.96. The zero-order chi connectivity index (χ0) is 19.5. The standard InChI is InChI=1S/C20H22N6O2/c1-14-10-15(2)26(24-14)19-6-5-16(11-22-19)23-20(27)25-9-7-18(13-25)28-17-4-3-8-21-12-17/h3-6,8,10-12,18H,7,9,13H2,1-2H3,(H,23,27). The Labute approximate surface area is 163 Å². The number of pyridine rings is 2. The first kappa shape index (κ1) is 18.0.